The van der Waals surface area contributed by atoms with E-state index in [1.807, 2.05) is 12.1 Å². The summed E-state index contributed by atoms with van der Waals surface area (Å²) in [4.78, 5) is 0. The van der Waals surface area contributed by atoms with E-state index in [4.69, 9.17) is 32.7 Å². The lowest BCUT2D eigenvalue weighted by Gasteiger charge is -2.36. The van der Waals surface area contributed by atoms with Gasteiger partial charge in [0.2, 0.25) is 0 Å². The van der Waals surface area contributed by atoms with Crippen LogP contribution in [0.4, 0.5) is 5.69 Å². The third-order valence-electron chi connectivity index (χ3n) is 3.79. The van der Waals surface area contributed by atoms with Crippen LogP contribution in [0.2, 0.25) is 10.0 Å². The summed E-state index contributed by atoms with van der Waals surface area (Å²) < 4.78 is 11.5. The molecule has 1 N–H and O–H groups in total. The molecule has 2 aliphatic rings. The maximum Gasteiger partial charge on any atom is 0.168 e. The van der Waals surface area contributed by atoms with Crippen LogP contribution in [0.5, 0.6) is 0 Å². The highest BCUT2D eigenvalue weighted by Crippen LogP contribution is 2.37. The van der Waals surface area contributed by atoms with Crippen LogP contribution in [0.15, 0.2) is 18.2 Å². The highest BCUT2D eigenvalue weighted by atomic mass is 35.5. The third kappa shape index (κ3) is 3.16. The molecule has 1 spiro atoms. The minimum atomic E-state index is -0.301. The molecule has 0 atom stereocenters. The van der Waals surface area contributed by atoms with E-state index in [2.05, 4.69) is 5.32 Å². The molecular formula is C14H17Cl2NO2. The normalized spacial score (nSPS) is 22.8. The Morgan fingerprint density at radius 1 is 1.00 bits per heavy atom. The second kappa shape index (κ2) is 5.49. The summed E-state index contributed by atoms with van der Waals surface area (Å²) in [5, 5.41) is 4.80. The lowest BCUT2D eigenvalue weighted by molar-refractivity contribution is -0.177. The van der Waals surface area contributed by atoms with Gasteiger partial charge >= 0.3 is 0 Å². The predicted molar refractivity (Wildman–Crippen MR) is 77.0 cm³/mol. The number of hydrogen-bond acceptors (Lipinski definition) is 3. The second-order valence-electron chi connectivity index (χ2n) is 5.18. The Balaban J connectivity index is 1.59. The molecule has 3 rings (SSSR count). The molecule has 3 nitrogen and oxygen atoms in total. The fourth-order valence-corrected chi connectivity index (χ4v) is 3.39. The van der Waals surface area contributed by atoms with E-state index in [9.17, 15) is 0 Å². The first kappa shape index (κ1) is 13.5. The van der Waals surface area contributed by atoms with E-state index in [1.54, 1.807) is 6.07 Å². The van der Waals surface area contributed by atoms with Gasteiger partial charge in [-0.05, 0) is 31.0 Å². The van der Waals surface area contributed by atoms with Gasteiger partial charge in [0.05, 0.1) is 13.2 Å². The highest BCUT2D eigenvalue weighted by molar-refractivity contribution is 6.35. The summed E-state index contributed by atoms with van der Waals surface area (Å²) in [7, 11) is 0. The van der Waals surface area contributed by atoms with E-state index in [-0.39, 0.29) is 5.79 Å². The highest BCUT2D eigenvalue weighted by Gasteiger charge is 2.40. The maximum atomic E-state index is 6.00. The van der Waals surface area contributed by atoms with Gasteiger partial charge in [-0.1, -0.05) is 23.2 Å². The van der Waals surface area contributed by atoms with Crippen LogP contribution in [-0.2, 0) is 9.47 Å². The van der Waals surface area contributed by atoms with Crippen molar-refractivity contribution in [1.29, 1.82) is 0 Å². The zero-order chi connectivity index (χ0) is 13.3. The topological polar surface area (TPSA) is 30.5 Å². The number of nitrogens with one attached hydrogen (secondary N) is 1. The minimum absolute atomic E-state index is 0.301. The molecular weight excluding hydrogens is 285 g/mol. The Hall–Kier alpha value is -0.480. The Labute approximate surface area is 123 Å². The molecule has 1 saturated carbocycles. The fraction of sp³-hybridized carbons (Fsp3) is 0.571. The van der Waals surface area contributed by atoms with Crippen LogP contribution in [-0.4, -0.2) is 25.0 Å². The van der Waals surface area contributed by atoms with Crippen molar-refractivity contribution in [2.45, 2.75) is 37.5 Å². The molecule has 0 amide bonds. The fourth-order valence-electron chi connectivity index (χ4n) is 2.86. The lowest BCUT2D eigenvalue weighted by Crippen LogP contribution is -2.39. The third-order valence-corrected chi connectivity index (χ3v) is 4.23. The Morgan fingerprint density at radius 3 is 2.16 bits per heavy atom. The minimum Gasteiger partial charge on any atom is -0.382 e. The van der Waals surface area contributed by atoms with Crippen molar-refractivity contribution < 1.29 is 9.47 Å². The Morgan fingerprint density at radius 2 is 1.58 bits per heavy atom. The number of hydrogen-bond donors (Lipinski definition) is 1. The van der Waals surface area contributed by atoms with Gasteiger partial charge in [-0.25, -0.2) is 0 Å². The van der Waals surface area contributed by atoms with Crippen LogP contribution < -0.4 is 5.32 Å². The van der Waals surface area contributed by atoms with E-state index < -0.39 is 0 Å². The largest absolute Gasteiger partial charge is 0.382 e. The Bertz CT molecular complexity index is 431. The van der Waals surface area contributed by atoms with Gasteiger partial charge in [0, 0.05) is 34.6 Å². The molecule has 0 bridgehead atoms. The molecule has 19 heavy (non-hydrogen) atoms. The van der Waals surface area contributed by atoms with Crippen molar-refractivity contribution in [2.75, 3.05) is 18.5 Å². The van der Waals surface area contributed by atoms with Gasteiger partial charge in [0.1, 0.15) is 0 Å². The van der Waals surface area contributed by atoms with Crippen LogP contribution >= 0.6 is 23.2 Å². The summed E-state index contributed by atoms with van der Waals surface area (Å²) in [5.74, 6) is -0.301. The van der Waals surface area contributed by atoms with Gasteiger partial charge in [0.15, 0.2) is 5.79 Å². The van der Waals surface area contributed by atoms with Gasteiger partial charge in [0.25, 0.3) is 0 Å². The molecule has 0 aromatic heterocycles. The first-order chi connectivity index (χ1) is 9.15. The average Bonchev–Trinajstić information content (AvgIpc) is 2.80. The number of rotatable bonds is 2. The summed E-state index contributed by atoms with van der Waals surface area (Å²) in [6, 6.07) is 5.97. The molecule has 1 heterocycles. The summed E-state index contributed by atoms with van der Waals surface area (Å²) in [6.45, 7) is 1.45. The monoisotopic (exact) mass is 301 g/mol. The van der Waals surface area contributed by atoms with Crippen molar-refractivity contribution >= 4 is 28.9 Å². The molecule has 1 aromatic carbocycles. The van der Waals surface area contributed by atoms with E-state index in [1.165, 1.54) is 0 Å². The molecule has 2 fully saturated rings. The first-order valence-corrected chi connectivity index (χ1v) is 7.41. The zero-order valence-corrected chi connectivity index (χ0v) is 12.1. The van der Waals surface area contributed by atoms with Crippen LogP contribution in [0.1, 0.15) is 25.7 Å². The van der Waals surface area contributed by atoms with Crippen molar-refractivity contribution in [3.63, 3.8) is 0 Å². The van der Waals surface area contributed by atoms with Gasteiger partial charge < -0.3 is 14.8 Å². The summed E-state index contributed by atoms with van der Waals surface area (Å²) in [6.07, 6.45) is 3.95. The van der Waals surface area contributed by atoms with Gasteiger partial charge in [-0.3, -0.25) is 0 Å². The van der Waals surface area contributed by atoms with Crippen LogP contribution in [0.25, 0.3) is 0 Å². The average molecular weight is 302 g/mol. The molecule has 1 aliphatic carbocycles. The van der Waals surface area contributed by atoms with Gasteiger partial charge in [-0.15, -0.1) is 0 Å². The van der Waals surface area contributed by atoms with Crippen LogP contribution in [0, 0.1) is 0 Å². The van der Waals surface area contributed by atoms with E-state index in [0.29, 0.717) is 16.1 Å². The summed E-state index contributed by atoms with van der Waals surface area (Å²) >= 11 is 12.0. The summed E-state index contributed by atoms with van der Waals surface area (Å²) in [5.41, 5.74) is 0.978. The SMILES string of the molecule is Clc1cc(Cl)cc(NC2CCC3(CC2)OCCO3)c1. The number of ether oxygens (including phenoxy) is 2. The van der Waals surface area contributed by atoms with E-state index in [0.717, 1.165) is 44.6 Å². The van der Waals surface area contributed by atoms with Crippen molar-refractivity contribution in [3.05, 3.63) is 28.2 Å². The smallest absolute Gasteiger partial charge is 0.168 e. The lowest BCUT2D eigenvalue weighted by atomic mass is 9.90. The zero-order valence-electron chi connectivity index (χ0n) is 10.6. The predicted octanol–water partition coefficient (Wildman–Crippen LogP) is 4.09. The number of halogens is 2. The molecule has 1 saturated heterocycles. The first-order valence-electron chi connectivity index (χ1n) is 6.66. The van der Waals surface area contributed by atoms with Crippen molar-refractivity contribution in [1.82, 2.24) is 0 Å². The maximum absolute atomic E-state index is 6.00. The van der Waals surface area contributed by atoms with Crippen LogP contribution in [0.3, 0.4) is 0 Å². The Kier molecular flexibility index (Phi) is 3.90. The van der Waals surface area contributed by atoms with Crippen molar-refractivity contribution in [3.8, 4) is 0 Å². The van der Waals surface area contributed by atoms with Crippen molar-refractivity contribution in [2.24, 2.45) is 0 Å². The molecule has 0 radical (unpaired) electrons. The van der Waals surface area contributed by atoms with E-state index >= 15 is 0 Å². The number of anilines is 1. The standard InChI is InChI=1S/C14H17Cl2NO2/c15-10-7-11(16)9-13(8-10)17-12-1-3-14(4-2-12)18-5-6-19-14/h7-9,12,17H,1-6H2. The molecule has 104 valence electrons. The molecule has 1 aliphatic heterocycles. The quantitative estimate of drug-likeness (QED) is 0.892. The molecule has 1 aromatic rings. The second-order valence-corrected chi connectivity index (χ2v) is 6.06. The van der Waals surface area contributed by atoms with Gasteiger partial charge in [-0.2, -0.15) is 0 Å². The number of benzene rings is 1. The molecule has 0 unspecified atom stereocenters. The molecule has 5 heteroatoms.